The zero-order chi connectivity index (χ0) is 31.8. The van der Waals surface area contributed by atoms with Crippen molar-refractivity contribution >= 4 is 40.2 Å². The molecule has 0 aliphatic carbocycles. The van der Waals surface area contributed by atoms with Gasteiger partial charge in [0.1, 0.15) is 0 Å². The van der Waals surface area contributed by atoms with E-state index >= 15 is 0 Å². The number of hydrogen-bond donors (Lipinski definition) is 2. The summed E-state index contributed by atoms with van der Waals surface area (Å²) in [5, 5.41) is 38.0. The number of azo groups is 1. The average Bonchev–Trinajstić information content (AvgIpc) is 3.85. The number of Topliss-reactive ketones (excluding diaryl/α,β-unsaturated/α-hetero) is 1. The zero-order valence-electron chi connectivity index (χ0n) is 23.8. The molecule has 4 amide bonds. The van der Waals surface area contributed by atoms with E-state index < -0.39 is 35.3 Å². The van der Waals surface area contributed by atoms with E-state index in [4.69, 9.17) is 9.47 Å². The molecule has 2 aromatic carbocycles. The van der Waals surface area contributed by atoms with Crippen LogP contribution in [0.2, 0.25) is 0 Å². The van der Waals surface area contributed by atoms with E-state index in [0.717, 1.165) is 30.2 Å². The molecule has 2 fully saturated rings. The van der Waals surface area contributed by atoms with Gasteiger partial charge in [0.25, 0.3) is 23.6 Å². The molecule has 14 nitrogen and oxygen atoms in total. The molecule has 1 aromatic heterocycles. The van der Waals surface area contributed by atoms with E-state index in [2.05, 4.69) is 10.2 Å². The Bertz CT molecular complexity index is 1830. The van der Waals surface area contributed by atoms with Gasteiger partial charge in [-0.2, -0.15) is 5.26 Å². The van der Waals surface area contributed by atoms with Gasteiger partial charge >= 0.3 is 0 Å². The van der Waals surface area contributed by atoms with Crippen LogP contribution < -0.4 is 0 Å². The molecule has 0 saturated carbocycles. The highest BCUT2D eigenvalue weighted by molar-refractivity contribution is 6.22. The van der Waals surface area contributed by atoms with Crippen LogP contribution in [0.25, 0.3) is 10.8 Å². The van der Waals surface area contributed by atoms with Gasteiger partial charge in [0.05, 0.1) is 42.5 Å². The molecule has 6 rings (SSSR count). The molecule has 3 aliphatic heterocycles. The van der Waals surface area contributed by atoms with Crippen molar-refractivity contribution in [2.75, 3.05) is 19.8 Å². The van der Waals surface area contributed by atoms with Gasteiger partial charge in [0.15, 0.2) is 11.7 Å². The van der Waals surface area contributed by atoms with Crippen molar-refractivity contribution in [2.24, 2.45) is 16.1 Å². The third-order valence-corrected chi connectivity index (χ3v) is 8.21. The van der Waals surface area contributed by atoms with Crippen LogP contribution in [0.5, 0.6) is 11.8 Å². The summed E-state index contributed by atoms with van der Waals surface area (Å²) in [6.45, 7) is 1.44. The number of amides is 4. The standard InChI is InChI=1S/C31H27N5O9/c32-13-24(25(37)16-5-7-20-22(11-16)30(42)35(28(20)40)14-18-3-1-9-44-18)27(39)34-33-26(38)17-6-8-21-23(12-17)31(43)36(29(21)41)15-19-4-2-10-45-19/h5-8,11-12,18-19,24,41,43H,1-4,9-10,14-15H2. The van der Waals surface area contributed by atoms with Crippen LogP contribution in [0.4, 0.5) is 0 Å². The van der Waals surface area contributed by atoms with Gasteiger partial charge in [-0.25, -0.2) is 0 Å². The highest BCUT2D eigenvalue weighted by atomic mass is 16.5. The maximum Gasteiger partial charge on any atom is 0.295 e. The second-order valence-electron chi connectivity index (χ2n) is 11.0. The van der Waals surface area contributed by atoms with Crippen molar-refractivity contribution in [3.63, 3.8) is 0 Å². The Labute approximate surface area is 255 Å². The maximum absolute atomic E-state index is 13.1. The predicted molar refractivity (Wildman–Crippen MR) is 153 cm³/mol. The van der Waals surface area contributed by atoms with Crippen molar-refractivity contribution < 1.29 is 43.7 Å². The number of aromatic nitrogens is 1. The van der Waals surface area contributed by atoms with Crippen LogP contribution in [0.15, 0.2) is 46.6 Å². The first kappa shape index (κ1) is 29.8. The van der Waals surface area contributed by atoms with Gasteiger partial charge in [-0.3, -0.25) is 33.4 Å². The van der Waals surface area contributed by atoms with Gasteiger partial charge in [0.2, 0.25) is 11.8 Å². The lowest BCUT2D eigenvalue weighted by Gasteiger charge is -2.17. The van der Waals surface area contributed by atoms with Crippen LogP contribution in [0.1, 0.15) is 67.1 Å². The molecule has 2 N–H and O–H groups in total. The number of carbonyl (C=O) groups excluding carboxylic acids is 5. The Morgan fingerprint density at radius 1 is 0.867 bits per heavy atom. The monoisotopic (exact) mass is 613 g/mol. The number of carbonyl (C=O) groups is 5. The van der Waals surface area contributed by atoms with Crippen molar-refractivity contribution in [1.29, 1.82) is 5.26 Å². The highest BCUT2D eigenvalue weighted by Crippen LogP contribution is 2.38. The number of nitriles is 1. The lowest BCUT2D eigenvalue weighted by molar-refractivity contribution is -0.119. The van der Waals surface area contributed by atoms with E-state index in [1.807, 2.05) is 0 Å². The minimum absolute atomic E-state index is 0.0286. The number of imide groups is 1. The van der Waals surface area contributed by atoms with E-state index in [0.29, 0.717) is 19.6 Å². The molecule has 0 bridgehead atoms. The summed E-state index contributed by atoms with van der Waals surface area (Å²) in [4.78, 5) is 65.3. The summed E-state index contributed by atoms with van der Waals surface area (Å²) < 4.78 is 12.4. The Kier molecular flexibility index (Phi) is 7.96. The zero-order valence-corrected chi connectivity index (χ0v) is 23.8. The lowest BCUT2D eigenvalue weighted by Crippen LogP contribution is -2.36. The quantitative estimate of drug-likeness (QED) is 0.164. The molecule has 0 radical (unpaired) electrons. The number of ether oxygens (including phenoxy) is 2. The smallest absolute Gasteiger partial charge is 0.295 e. The summed E-state index contributed by atoms with van der Waals surface area (Å²) in [5.74, 6) is -6.85. The molecule has 3 atom stereocenters. The first-order valence-electron chi connectivity index (χ1n) is 14.4. The molecule has 4 heterocycles. The average molecular weight is 614 g/mol. The van der Waals surface area contributed by atoms with Gasteiger partial charge in [-0.15, -0.1) is 10.2 Å². The first-order chi connectivity index (χ1) is 21.7. The van der Waals surface area contributed by atoms with E-state index in [9.17, 15) is 39.4 Å². The van der Waals surface area contributed by atoms with Crippen LogP contribution in [0.3, 0.4) is 0 Å². The number of hydrogen-bond acceptors (Lipinski definition) is 10. The minimum Gasteiger partial charge on any atom is -0.494 e. The molecule has 0 spiro atoms. The Balaban J connectivity index is 1.16. The fourth-order valence-corrected chi connectivity index (χ4v) is 5.82. The van der Waals surface area contributed by atoms with Crippen LogP contribution >= 0.6 is 0 Å². The number of ketones is 1. The molecular formula is C31H27N5O9. The Hall–Kier alpha value is -5.26. The summed E-state index contributed by atoms with van der Waals surface area (Å²) >= 11 is 0. The predicted octanol–water partition coefficient (Wildman–Crippen LogP) is 3.15. The summed E-state index contributed by atoms with van der Waals surface area (Å²) in [6, 6.07) is 9.26. The summed E-state index contributed by atoms with van der Waals surface area (Å²) in [6.07, 6.45) is 2.75. The molecule has 230 valence electrons. The first-order valence-corrected chi connectivity index (χ1v) is 14.4. The largest absolute Gasteiger partial charge is 0.494 e. The highest BCUT2D eigenvalue weighted by Gasteiger charge is 2.39. The number of fused-ring (bicyclic) bond motifs is 2. The fraction of sp³-hybridized carbons (Fsp3) is 0.355. The van der Waals surface area contributed by atoms with Crippen molar-refractivity contribution in [3.05, 3.63) is 58.7 Å². The third kappa shape index (κ3) is 5.47. The van der Waals surface area contributed by atoms with Gasteiger partial charge in [0, 0.05) is 35.1 Å². The van der Waals surface area contributed by atoms with Crippen LogP contribution in [-0.4, -0.2) is 81.1 Å². The maximum atomic E-state index is 13.1. The normalized spacial score (nSPS) is 20.2. The van der Waals surface area contributed by atoms with Gasteiger partial charge < -0.3 is 19.7 Å². The Morgan fingerprint density at radius 2 is 1.51 bits per heavy atom. The summed E-state index contributed by atoms with van der Waals surface area (Å²) in [7, 11) is 0. The van der Waals surface area contributed by atoms with Crippen LogP contribution in [0, 0.1) is 17.2 Å². The van der Waals surface area contributed by atoms with Crippen molar-refractivity contribution in [2.45, 2.75) is 44.4 Å². The Morgan fingerprint density at radius 3 is 2.18 bits per heavy atom. The minimum atomic E-state index is -1.97. The third-order valence-electron chi connectivity index (χ3n) is 8.21. The molecule has 45 heavy (non-hydrogen) atoms. The number of rotatable bonds is 8. The number of aromatic hydroxyl groups is 2. The molecule has 3 aliphatic rings. The topological polar surface area (TPSA) is 201 Å². The molecule has 3 aromatic rings. The van der Waals surface area contributed by atoms with E-state index in [-0.39, 0.29) is 70.1 Å². The SMILES string of the molecule is N#CC(C(=O)N=NC(=O)c1ccc2c(O)n(CC3CCCO3)c(O)c2c1)C(=O)c1ccc2c(c1)C(=O)N(CC1CCCO1)C2=O. The summed E-state index contributed by atoms with van der Waals surface area (Å²) in [5.41, 5.74) is -0.168. The fourth-order valence-electron chi connectivity index (χ4n) is 5.82. The van der Waals surface area contributed by atoms with Crippen molar-refractivity contribution in [3.8, 4) is 17.8 Å². The van der Waals surface area contributed by atoms with Gasteiger partial charge in [-0.1, -0.05) is 6.07 Å². The molecule has 2 saturated heterocycles. The van der Waals surface area contributed by atoms with Gasteiger partial charge in [-0.05, 0) is 56.0 Å². The second-order valence-corrected chi connectivity index (χ2v) is 11.0. The molecule has 3 unspecified atom stereocenters. The molecular weight excluding hydrogens is 586 g/mol. The van der Waals surface area contributed by atoms with Crippen molar-refractivity contribution in [1.82, 2.24) is 9.47 Å². The lowest BCUT2D eigenvalue weighted by atomic mass is 9.95. The van der Waals surface area contributed by atoms with E-state index in [1.165, 1.54) is 34.9 Å². The van der Waals surface area contributed by atoms with E-state index in [1.54, 1.807) is 6.07 Å². The molecule has 14 heteroatoms. The number of benzene rings is 2. The van der Waals surface area contributed by atoms with Crippen LogP contribution in [-0.2, 0) is 20.8 Å². The number of nitrogens with zero attached hydrogens (tertiary/aromatic N) is 5. The second kappa shape index (κ2) is 12.0.